The SMILES string of the molecule is CC(CC(C)(NC1CC1)C(=O)O)Oc1ccccc1F. The lowest BCUT2D eigenvalue weighted by Gasteiger charge is -2.29. The fraction of sp³-hybridized carbons (Fsp3) is 0.533. The first-order valence-corrected chi connectivity index (χ1v) is 6.83. The summed E-state index contributed by atoms with van der Waals surface area (Å²) in [6.45, 7) is 3.40. The number of nitrogens with one attached hydrogen (secondary N) is 1. The number of halogens is 1. The molecule has 4 nitrogen and oxygen atoms in total. The molecule has 1 aliphatic rings. The highest BCUT2D eigenvalue weighted by Gasteiger charge is 2.40. The minimum Gasteiger partial charge on any atom is -0.488 e. The molecule has 0 bridgehead atoms. The van der Waals surface area contributed by atoms with Crippen LogP contribution in [-0.4, -0.2) is 28.8 Å². The van der Waals surface area contributed by atoms with Gasteiger partial charge in [0.1, 0.15) is 5.54 Å². The molecule has 1 aromatic rings. The molecule has 5 heteroatoms. The fourth-order valence-electron chi connectivity index (χ4n) is 2.26. The number of hydrogen-bond donors (Lipinski definition) is 2. The minimum absolute atomic E-state index is 0.152. The number of rotatable bonds is 7. The zero-order chi connectivity index (χ0) is 14.8. The second-order valence-corrected chi connectivity index (χ2v) is 5.62. The maximum absolute atomic E-state index is 13.5. The van der Waals surface area contributed by atoms with E-state index in [9.17, 15) is 14.3 Å². The lowest BCUT2D eigenvalue weighted by Crippen LogP contribution is -2.52. The molecule has 0 heterocycles. The van der Waals surface area contributed by atoms with Gasteiger partial charge >= 0.3 is 5.97 Å². The van der Waals surface area contributed by atoms with E-state index < -0.39 is 23.4 Å². The molecule has 0 saturated heterocycles. The number of hydrogen-bond acceptors (Lipinski definition) is 3. The van der Waals surface area contributed by atoms with Gasteiger partial charge in [0.2, 0.25) is 0 Å². The van der Waals surface area contributed by atoms with E-state index in [-0.39, 0.29) is 18.2 Å². The molecule has 2 atom stereocenters. The van der Waals surface area contributed by atoms with E-state index in [4.69, 9.17) is 4.74 Å². The van der Waals surface area contributed by atoms with E-state index in [2.05, 4.69) is 5.32 Å². The number of ether oxygens (including phenoxy) is 1. The van der Waals surface area contributed by atoms with Crippen LogP contribution in [0.5, 0.6) is 5.75 Å². The van der Waals surface area contributed by atoms with E-state index in [1.165, 1.54) is 12.1 Å². The van der Waals surface area contributed by atoms with Crippen LogP contribution >= 0.6 is 0 Å². The molecule has 1 aromatic carbocycles. The highest BCUT2D eigenvalue weighted by atomic mass is 19.1. The molecule has 20 heavy (non-hydrogen) atoms. The van der Waals surface area contributed by atoms with Crippen molar-refractivity contribution in [3.8, 4) is 5.75 Å². The van der Waals surface area contributed by atoms with Crippen LogP contribution in [0.3, 0.4) is 0 Å². The summed E-state index contributed by atoms with van der Waals surface area (Å²) in [6.07, 6.45) is 1.88. The van der Waals surface area contributed by atoms with Gasteiger partial charge in [-0.05, 0) is 38.8 Å². The molecule has 2 rings (SSSR count). The van der Waals surface area contributed by atoms with Crippen LogP contribution in [0.25, 0.3) is 0 Å². The van der Waals surface area contributed by atoms with Crippen LogP contribution in [0.2, 0.25) is 0 Å². The average molecular weight is 281 g/mol. The quantitative estimate of drug-likeness (QED) is 0.806. The molecule has 2 unspecified atom stereocenters. The van der Waals surface area contributed by atoms with Gasteiger partial charge in [0, 0.05) is 12.5 Å². The zero-order valence-corrected chi connectivity index (χ0v) is 11.7. The predicted molar refractivity (Wildman–Crippen MR) is 73.3 cm³/mol. The summed E-state index contributed by atoms with van der Waals surface area (Å²) in [5.74, 6) is -1.20. The van der Waals surface area contributed by atoms with Crippen LogP contribution in [0.4, 0.5) is 4.39 Å². The zero-order valence-electron chi connectivity index (χ0n) is 11.7. The van der Waals surface area contributed by atoms with Gasteiger partial charge in [0.15, 0.2) is 11.6 Å². The molecular formula is C15H20FNO3. The topological polar surface area (TPSA) is 58.6 Å². The summed E-state index contributed by atoms with van der Waals surface area (Å²) >= 11 is 0. The number of para-hydroxylation sites is 1. The number of aliphatic carboxylic acids is 1. The molecule has 1 saturated carbocycles. The van der Waals surface area contributed by atoms with Gasteiger partial charge in [-0.1, -0.05) is 12.1 Å². The Balaban J connectivity index is 1.99. The molecule has 110 valence electrons. The van der Waals surface area contributed by atoms with E-state index >= 15 is 0 Å². The number of carboxylic acids is 1. The summed E-state index contributed by atoms with van der Waals surface area (Å²) in [7, 11) is 0. The molecule has 1 aliphatic carbocycles. The van der Waals surface area contributed by atoms with Crippen molar-refractivity contribution in [2.45, 2.75) is 50.8 Å². The van der Waals surface area contributed by atoms with Crippen LogP contribution in [-0.2, 0) is 4.79 Å². The summed E-state index contributed by atoms with van der Waals surface area (Å²) in [5, 5.41) is 12.5. The van der Waals surface area contributed by atoms with Crippen molar-refractivity contribution in [1.29, 1.82) is 0 Å². The van der Waals surface area contributed by atoms with Gasteiger partial charge in [-0.3, -0.25) is 10.1 Å². The van der Waals surface area contributed by atoms with E-state index in [1.807, 2.05) is 0 Å². The van der Waals surface area contributed by atoms with Crippen LogP contribution < -0.4 is 10.1 Å². The standard InChI is InChI=1S/C15H20FNO3/c1-10(20-13-6-4-3-5-12(13)16)9-15(2,14(18)19)17-11-7-8-11/h3-6,10-11,17H,7-9H2,1-2H3,(H,18,19). The first-order chi connectivity index (χ1) is 9.40. The van der Waals surface area contributed by atoms with Gasteiger partial charge in [-0.25, -0.2) is 4.39 Å². The Morgan fingerprint density at radius 1 is 1.55 bits per heavy atom. The Morgan fingerprint density at radius 2 is 2.20 bits per heavy atom. The molecular weight excluding hydrogens is 261 g/mol. The second kappa shape index (κ2) is 5.79. The maximum atomic E-state index is 13.5. The Kier molecular flexibility index (Phi) is 4.28. The smallest absolute Gasteiger partial charge is 0.323 e. The lowest BCUT2D eigenvalue weighted by atomic mass is 9.94. The second-order valence-electron chi connectivity index (χ2n) is 5.62. The largest absolute Gasteiger partial charge is 0.488 e. The van der Waals surface area contributed by atoms with Crippen LogP contribution in [0.1, 0.15) is 33.1 Å². The average Bonchev–Trinajstić information content (AvgIpc) is 3.15. The summed E-state index contributed by atoms with van der Waals surface area (Å²) in [5.41, 5.74) is -1.05. The highest BCUT2D eigenvalue weighted by Crippen LogP contribution is 2.26. The first-order valence-electron chi connectivity index (χ1n) is 6.83. The van der Waals surface area contributed by atoms with E-state index in [0.29, 0.717) is 0 Å². The Bertz CT molecular complexity index is 490. The molecule has 0 aromatic heterocycles. The van der Waals surface area contributed by atoms with E-state index in [0.717, 1.165) is 12.8 Å². The van der Waals surface area contributed by atoms with Crippen molar-refractivity contribution in [3.63, 3.8) is 0 Å². The fourth-order valence-corrected chi connectivity index (χ4v) is 2.26. The van der Waals surface area contributed by atoms with Crippen molar-refractivity contribution in [1.82, 2.24) is 5.32 Å². The summed E-state index contributed by atoms with van der Waals surface area (Å²) in [6, 6.07) is 6.41. The monoisotopic (exact) mass is 281 g/mol. The van der Waals surface area contributed by atoms with Gasteiger partial charge in [-0.15, -0.1) is 0 Å². The number of carboxylic acid groups (broad SMARTS) is 1. The maximum Gasteiger partial charge on any atom is 0.323 e. The molecule has 1 fully saturated rings. The van der Waals surface area contributed by atoms with Crippen LogP contribution in [0.15, 0.2) is 24.3 Å². The molecule has 0 radical (unpaired) electrons. The Morgan fingerprint density at radius 3 is 2.75 bits per heavy atom. The summed E-state index contributed by atoms with van der Waals surface area (Å²) < 4.78 is 19.0. The molecule has 0 amide bonds. The van der Waals surface area contributed by atoms with Crippen molar-refractivity contribution >= 4 is 5.97 Å². The van der Waals surface area contributed by atoms with Crippen molar-refractivity contribution in [3.05, 3.63) is 30.1 Å². The minimum atomic E-state index is -1.05. The van der Waals surface area contributed by atoms with Crippen molar-refractivity contribution in [2.75, 3.05) is 0 Å². The number of carbonyl (C=O) groups is 1. The molecule has 2 N–H and O–H groups in total. The van der Waals surface area contributed by atoms with Gasteiger partial charge in [-0.2, -0.15) is 0 Å². The van der Waals surface area contributed by atoms with Crippen LogP contribution in [0, 0.1) is 5.82 Å². The van der Waals surface area contributed by atoms with Gasteiger partial charge in [0.05, 0.1) is 6.10 Å². The normalized spacial score (nSPS) is 19.1. The predicted octanol–water partition coefficient (Wildman–Crippen LogP) is 2.58. The number of benzene rings is 1. The highest BCUT2D eigenvalue weighted by molar-refractivity contribution is 5.78. The lowest BCUT2D eigenvalue weighted by molar-refractivity contribution is -0.145. The third-order valence-electron chi connectivity index (χ3n) is 3.43. The summed E-state index contributed by atoms with van der Waals surface area (Å²) in [4.78, 5) is 11.4. The van der Waals surface area contributed by atoms with Gasteiger partial charge < -0.3 is 9.84 Å². The van der Waals surface area contributed by atoms with Crippen molar-refractivity contribution in [2.24, 2.45) is 0 Å². The van der Waals surface area contributed by atoms with E-state index in [1.54, 1.807) is 26.0 Å². The first kappa shape index (κ1) is 14.8. The molecule has 0 aliphatic heterocycles. The van der Waals surface area contributed by atoms with Gasteiger partial charge in [0.25, 0.3) is 0 Å². The molecule has 0 spiro atoms. The third-order valence-corrected chi connectivity index (χ3v) is 3.43. The third kappa shape index (κ3) is 3.70. The van der Waals surface area contributed by atoms with Crippen molar-refractivity contribution < 1.29 is 19.0 Å². The Labute approximate surface area is 117 Å². The Hall–Kier alpha value is -1.62.